The van der Waals surface area contributed by atoms with E-state index in [1.54, 1.807) is 0 Å². The van der Waals surface area contributed by atoms with Crippen molar-refractivity contribution in [1.29, 1.82) is 0 Å². The van der Waals surface area contributed by atoms with Crippen LogP contribution in [0.5, 0.6) is 0 Å². The molecule has 0 spiro atoms. The first-order valence-corrected chi connectivity index (χ1v) is 4.98. The first kappa shape index (κ1) is 8.74. The quantitative estimate of drug-likeness (QED) is 0.561. The van der Waals surface area contributed by atoms with Gasteiger partial charge in [-0.2, -0.15) is 0 Å². The van der Waals surface area contributed by atoms with Crippen molar-refractivity contribution in [3.05, 3.63) is 24.3 Å². The highest BCUT2D eigenvalue weighted by molar-refractivity contribution is 5.88. The van der Waals surface area contributed by atoms with Crippen LogP contribution in [0.1, 0.15) is 20.3 Å². The zero-order valence-electron chi connectivity index (χ0n) is 8.29. The van der Waals surface area contributed by atoms with E-state index < -0.39 is 0 Å². The van der Waals surface area contributed by atoms with E-state index in [1.165, 1.54) is 5.57 Å². The number of hydrogen-bond acceptors (Lipinski definition) is 1. The summed E-state index contributed by atoms with van der Waals surface area (Å²) in [4.78, 5) is 11.8. The number of carbonyl (C=O) groups is 1. The lowest BCUT2D eigenvalue weighted by atomic mass is 9.62. The van der Waals surface area contributed by atoms with Gasteiger partial charge in [0.15, 0.2) is 0 Å². The van der Waals surface area contributed by atoms with Gasteiger partial charge < -0.3 is 0 Å². The minimum absolute atomic E-state index is 0.137. The topological polar surface area (TPSA) is 17.1 Å². The minimum Gasteiger partial charge on any atom is -0.299 e. The van der Waals surface area contributed by atoms with Crippen LogP contribution in [0.3, 0.4) is 0 Å². The highest BCUT2D eigenvalue weighted by atomic mass is 16.1. The Kier molecular flexibility index (Phi) is 1.90. The summed E-state index contributed by atoms with van der Waals surface area (Å²) in [6.07, 6.45) is 5.44. The summed E-state index contributed by atoms with van der Waals surface area (Å²) in [5.74, 6) is 1.69. The van der Waals surface area contributed by atoms with E-state index in [0.717, 1.165) is 6.42 Å². The molecule has 2 bridgehead atoms. The van der Waals surface area contributed by atoms with Crippen LogP contribution in [-0.2, 0) is 4.79 Å². The minimum atomic E-state index is 0.137. The van der Waals surface area contributed by atoms with Gasteiger partial charge in [0.1, 0.15) is 5.78 Å². The molecular formula is C12H16O. The maximum atomic E-state index is 11.8. The predicted molar refractivity (Wildman–Crippen MR) is 53.2 cm³/mol. The van der Waals surface area contributed by atoms with Crippen molar-refractivity contribution in [2.24, 2.45) is 23.7 Å². The number of fused-ring (bicyclic) bond motifs is 2. The van der Waals surface area contributed by atoms with Gasteiger partial charge in [0.25, 0.3) is 0 Å². The lowest BCUT2D eigenvalue weighted by Gasteiger charge is -2.41. The zero-order valence-corrected chi connectivity index (χ0v) is 8.29. The number of hydrogen-bond donors (Lipinski definition) is 0. The summed E-state index contributed by atoms with van der Waals surface area (Å²) in [5.41, 5.74) is 1.17. The van der Waals surface area contributed by atoms with E-state index in [4.69, 9.17) is 0 Å². The molecule has 3 rings (SSSR count). The van der Waals surface area contributed by atoms with Crippen LogP contribution in [0.25, 0.3) is 0 Å². The van der Waals surface area contributed by atoms with Crippen LogP contribution >= 0.6 is 0 Å². The van der Waals surface area contributed by atoms with Gasteiger partial charge in [0.2, 0.25) is 0 Å². The first-order chi connectivity index (χ1) is 6.11. The lowest BCUT2D eigenvalue weighted by Crippen LogP contribution is -2.41. The number of ketones is 1. The summed E-state index contributed by atoms with van der Waals surface area (Å²) in [6, 6.07) is 0. The molecule has 0 saturated heterocycles. The van der Waals surface area contributed by atoms with Gasteiger partial charge in [-0.15, -0.1) is 0 Å². The fraction of sp³-hybridized carbons (Fsp3) is 0.583. The Hall–Kier alpha value is -0.850. The lowest BCUT2D eigenvalue weighted by molar-refractivity contribution is -0.130. The maximum absolute atomic E-state index is 11.8. The Bertz CT molecular complexity index is 287. The summed E-state index contributed by atoms with van der Waals surface area (Å²) in [7, 11) is 0. The third-order valence-corrected chi connectivity index (χ3v) is 3.58. The fourth-order valence-corrected chi connectivity index (χ4v) is 2.60. The van der Waals surface area contributed by atoms with Crippen LogP contribution in [-0.4, -0.2) is 5.78 Å². The molecule has 4 unspecified atom stereocenters. The molecule has 13 heavy (non-hydrogen) atoms. The molecule has 0 aromatic carbocycles. The van der Waals surface area contributed by atoms with E-state index in [2.05, 4.69) is 25.7 Å². The average molecular weight is 176 g/mol. The van der Waals surface area contributed by atoms with Gasteiger partial charge in [0, 0.05) is 11.8 Å². The van der Waals surface area contributed by atoms with E-state index in [-0.39, 0.29) is 11.8 Å². The molecule has 0 aromatic rings. The monoisotopic (exact) mass is 176 g/mol. The molecule has 1 fully saturated rings. The van der Waals surface area contributed by atoms with Gasteiger partial charge in [-0.25, -0.2) is 0 Å². The summed E-state index contributed by atoms with van der Waals surface area (Å²) in [6.45, 7) is 8.06. The normalized spacial score (nSPS) is 42.5. The van der Waals surface area contributed by atoms with Crippen molar-refractivity contribution < 1.29 is 4.79 Å². The molecule has 3 aliphatic rings. The van der Waals surface area contributed by atoms with Gasteiger partial charge in [-0.05, 0) is 25.2 Å². The molecule has 0 radical (unpaired) electrons. The van der Waals surface area contributed by atoms with Gasteiger partial charge >= 0.3 is 0 Å². The average Bonchev–Trinajstić information content (AvgIpc) is 2.12. The van der Waals surface area contributed by atoms with E-state index in [9.17, 15) is 4.79 Å². The molecular weight excluding hydrogens is 160 g/mol. The molecule has 1 saturated carbocycles. The number of rotatable bonds is 1. The fourth-order valence-electron chi connectivity index (χ4n) is 2.60. The highest BCUT2D eigenvalue weighted by Gasteiger charge is 2.42. The second-order valence-electron chi connectivity index (χ2n) is 4.45. The largest absolute Gasteiger partial charge is 0.299 e. The Labute approximate surface area is 79.5 Å². The Balaban J connectivity index is 2.31. The van der Waals surface area contributed by atoms with Gasteiger partial charge in [-0.1, -0.05) is 31.2 Å². The molecule has 0 heterocycles. The molecule has 0 aromatic heterocycles. The smallest absolute Gasteiger partial charge is 0.143 e. The Morgan fingerprint density at radius 1 is 1.54 bits per heavy atom. The molecule has 1 nitrogen and oxygen atoms in total. The molecule has 0 amide bonds. The summed E-state index contributed by atoms with van der Waals surface area (Å²) >= 11 is 0. The van der Waals surface area contributed by atoms with Crippen molar-refractivity contribution in [3.8, 4) is 0 Å². The van der Waals surface area contributed by atoms with Crippen molar-refractivity contribution in [3.63, 3.8) is 0 Å². The number of carbonyl (C=O) groups excluding carboxylic acids is 1. The number of Topliss-reactive ketones (excluding diaryl/α,β-unsaturated/α-hetero) is 1. The van der Waals surface area contributed by atoms with E-state index >= 15 is 0 Å². The van der Waals surface area contributed by atoms with Crippen molar-refractivity contribution in [1.82, 2.24) is 0 Å². The van der Waals surface area contributed by atoms with Crippen molar-refractivity contribution >= 4 is 5.78 Å². The van der Waals surface area contributed by atoms with Crippen LogP contribution < -0.4 is 0 Å². The van der Waals surface area contributed by atoms with E-state index in [1.807, 2.05) is 6.92 Å². The van der Waals surface area contributed by atoms with Gasteiger partial charge in [0.05, 0.1) is 0 Å². The van der Waals surface area contributed by atoms with Crippen LogP contribution in [0.4, 0.5) is 0 Å². The van der Waals surface area contributed by atoms with E-state index in [0.29, 0.717) is 17.6 Å². The number of allylic oxidation sites excluding steroid dienone is 3. The summed E-state index contributed by atoms with van der Waals surface area (Å²) in [5, 5.41) is 0. The second-order valence-corrected chi connectivity index (χ2v) is 4.45. The molecule has 4 atom stereocenters. The molecule has 3 aliphatic carbocycles. The van der Waals surface area contributed by atoms with Crippen LogP contribution in [0.15, 0.2) is 24.3 Å². The summed E-state index contributed by atoms with van der Waals surface area (Å²) < 4.78 is 0. The van der Waals surface area contributed by atoms with Crippen LogP contribution in [0.2, 0.25) is 0 Å². The Morgan fingerprint density at radius 2 is 2.23 bits per heavy atom. The first-order valence-electron chi connectivity index (χ1n) is 4.98. The van der Waals surface area contributed by atoms with Crippen molar-refractivity contribution in [2.75, 3.05) is 0 Å². The van der Waals surface area contributed by atoms with Gasteiger partial charge in [-0.3, -0.25) is 4.79 Å². The molecule has 1 heteroatoms. The standard InChI is InChI=1S/C12H16O/c1-7(2)11-6-9-4-5-10(11)12(13)8(9)3/h4-5,8-11H,1,6H2,2-3H3. The molecule has 0 N–H and O–H groups in total. The highest BCUT2D eigenvalue weighted by Crippen LogP contribution is 2.43. The van der Waals surface area contributed by atoms with Crippen molar-refractivity contribution in [2.45, 2.75) is 20.3 Å². The molecule has 0 aliphatic heterocycles. The molecule has 70 valence electrons. The predicted octanol–water partition coefficient (Wildman–Crippen LogP) is 2.59. The SMILES string of the molecule is C=C(C)C1CC2C=CC1C(=O)C2C. The second kappa shape index (κ2) is 2.83. The van der Waals surface area contributed by atoms with Crippen LogP contribution in [0, 0.1) is 23.7 Å². The third-order valence-electron chi connectivity index (χ3n) is 3.58. The zero-order chi connectivity index (χ0) is 9.59. The third kappa shape index (κ3) is 1.18. The Morgan fingerprint density at radius 3 is 2.77 bits per heavy atom. The maximum Gasteiger partial charge on any atom is 0.143 e.